The molecule has 0 aromatic heterocycles. The van der Waals surface area contributed by atoms with Gasteiger partial charge in [-0.25, -0.2) is 0 Å². The minimum absolute atomic E-state index is 0.211. The van der Waals surface area contributed by atoms with Gasteiger partial charge in [0.15, 0.2) is 0 Å². The topological polar surface area (TPSA) is 47.6 Å². The number of esters is 1. The molecule has 0 saturated carbocycles. The van der Waals surface area contributed by atoms with Crippen LogP contribution in [0.4, 0.5) is 0 Å². The molecule has 0 rings (SSSR count). The third-order valence-electron chi connectivity index (χ3n) is 1.87. The maximum Gasteiger partial charge on any atom is 0.320 e. The van der Waals surface area contributed by atoms with Crippen LogP contribution in [-0.2, 0) is 14.3 Å². The summed E-state index contributed by atoms with van der Waals surface area (Å²) in [4.78, 5) is 10.7. The molecule has 0 aliphatic heterocycles. The van der Waals surface area contributed by atoms with Crippen LogP contribution in [0.3, 0.4) is 0 Å². The monoisotopic (exact) mass is 281 g/mol. The molecular weight excluding hydrogens is 262 g/mol. The van der Waals surface area contributed by atoms with Crippen LogP contribution in [0.25, 0.3) is 0 Å². The fourth-order valence-corrected chi connectivity index (χ4v) is 1.57. The van der Waals surface area contributed by atoms with Gasteiger partial charge in [-0.1, -0.05) is 15.9 Å². The van der Waals surface area contributed by atoms with E-state index < -0.39 is 0 Å². The summed E-state index contributed by atoms with van der Waals surface area (Å²) in [5.74, 6) is -0.267. The third kappa shape index (κ3) is 6.87. The number of rotatable bonds is 7. The van der Waals surface area contributed by atoms with Crippen LogP contribution in [0.5, 0.6) is 0 Å². The summed E-state index contributed by atoms with van der Waals surface area (Å²) in [6.07, 6.45) is 0. The first-order valence-electron chi connectivity index (χ1n) is 4.99. The normalized spacial score (nSPS) is 13.7. The van der Waals surface area contributed by atoms with Crippen molar-refractivity contribution in [2.75, 3.05) is 26.8 Å². The molecule has 1 N–H and O–H groups in total. The fraction of sp³-hybridized carbons (Fsp3) is 0.900. The van der Waals surface area contributed by atoms with Crippen LogP contribution in [0.2, 0.25) is 0 Å². The van der Waals surface area contributed by atoms with Gasteiger partial charge in [-0.3, -0.25) is 4.79 Å². The van der Waals surface area contributed by atoms with E-state index in [1.165, 1.54) is 7.11 Å². The summed E-state index contributed by atoms with van der Waals surface area (Å²) in [5, 5.41) is 3.15. The lowest BCUT2D eigenvalue weighted by molar-refractivity contribution is -0.139. The van der Waals surface area contributed by atoms with Crippen molar-refractivity contribution >= 4 is 21.9 Å². The van der Waals surface area contributed by atoms with Crippen LogP contribution in [0, 0.1) is 0 Å². The number of halogens is 1. The number of ether oxygens (including phenoxy) is 2. The number of nitrogens with one attached hydrogen (secondary N) is 1. The average molecular weight is 282 g/mol. The molecule has 5 heteroatoms. The van der Waals surface area contributed by atoms with Crippen molar-refractivity contribution in [3.05, 3.63) is 0 Å². The lowest BCUT2D eigenvalue weighted by atomic mass is 10.1. The van der Waals surface area contributed by atoms with Crippen molar-refractivity contribution in [3.63, 3.8) is 0 Å². The van der Waals surface area contributed by atoms with E-state index in [0.29, 0.717) is 19.7 Å². The van der Waals surface area contributed by atoms with Gasteiger partial charge in [-0.2, -0.15) is 0 Å². The first-order valence-corrected chi connectivity index (χ1v) is 5.91. The zero-order valence-electron chi connectivity index (χ0n) is 9.80. The molecule has 0 saturated heterocycles. The molecule has 1 unspecified atom stereocenters. The van der Waals surface area contributed by atoms with Crippen molar-refractivity contribution in [1.29, 1.82) is 0 Å². The maximum absolute atomic E-state index is 11.1. The minimum atomic E-state index is -0.306. The highest BCUT2D eigenvalue weighted by molar-refractivity contribution is 9.10. The van der Waals surface area contributed by atoms with E-state index in [9.17, 15) is 4.79 Å². The van der Waals surface area contributed by atoms with Gasteiger partial charge in [0, 0.05) is 19.7 Å². The maximum atomic E-state index is 11.1. The molecule has 0 aromatic carbocycles. The molecule has 0 fully saturated rings. The van der Waals surface area contributed by atoms with Gasteiger partial charge in [0.25, 0.3) is 0 Å². The van der Waals surface area contributed by atoms with Crippen LogP contribution in [0.15, 0.2) is 0 Å². The zero-order chi connectivity index (χ0) is 11.9. The molecule has 0 heterocycles. The van der Waals surface area contributed by atoms with Crippen molar-refractivity contribution in [1.82, 2.24) is 5.32 Å². The van der Waals surface area contributed by atoms with E-state index in [4.69, 9.17) is 4.74 Å². The Labute approximate surface area is 99.8 Å². The number of hydrogen-bond acceptors (Lipinski definition) is 4. The van der Waals surface area contributed by atoms with Gasteiger partial charge in [-0.15, -0.1) is 0 Å². The molecule has 0 aliphatic rings. The second kappa shape index (κ2) is 7.19. The Morgan fingerprint density at radius 2 is 2.13 bits per heavy atom. The zero-order valence-corrected chi connectivity index (χ0v) is 11.4. The third-order valence-corrected chi connectivity index (χ3v) is 2.56. The summed E-state index contributed by atoms with van der Waals surface area (Å²) in [6.45, 7) is 7.88. The van der Waals surface area contributed by atoms with Crippen molar-refractivity contribution in [2.24, 2.45) is 0 Å². The Morgan fingerprint density at radius 1 is 1.53 bits per heavy atom. The number of carbonyl (C=O) groups excluding carboxylic acids is 1. The smallest absolute Gasteiger partial charge is 0.320 e. The lowest BCUT2D eigenvalue weighted by Gasteiger charge is -2.25. The highest BCUT2D eigenvalue weighted by Gasteiger charge is 2.19. The summed E-state index contributed by atoms with van der Waals surface area (Å²) < 4.78 is 10.1. The molecule has 0 amide bonds. The fourth-order valence-electron chi connectivity index (χ4n) is 1.15. The minimum Gasteiger partial charge on any atom is -0.468 e. The van der Waals surface area contributed by atoms with Gasteiger partial charge in [0.05, 0.1) is 12.7 Å². The van der Waals surface area contributed by atoms with Crippen LogP contribution >= 0.6 is 15.9 Å². The summed E-state index contributed by atoms with van der Waals surface area (Å²) in [6, 6.07) is 0. The van der Waals surface area contributed by atoms with Gasteiger partial charge in [0.1, 0.15) is 4.83 Å². The lowest BCUT2D eigenvalue weighted by Crippen LogP contribution is -2.41. The standard InChI is InChI=1S/C10H20BrNO3/c1-5-15-10(2,3)7-12-6-8(11)9(13)14-4/h8,12H,5-7H2,1-4H3. The summed E-state index contributed by atoms with van der Waals surface area (Å²) in [7, 11) is 1.38. The van der Waals surface area contributed by atoms with Gasteiger partial charge in [0.2, 0.25) is 0 Å². The Bertz CT molecular complexity index is 197. The first-order chi connectivity index (χ1) is 6.93. The summed E-state index contributed by atoms with van der Waals surface area (Å²) >= 11 is 3.23. The predicted octanol–water partition coefficient (Wildman–Crippen LogP) is 1.33. The first kappa shape index (κ1) is 14.9. The van der Waals surface area contributed by atoms with E-state index in [1.807, 2.05) is 20.8 Å². The highest BCUT2D eigenvalue weighted by atomic mass is 79.9. The molecule has 90 valence electrons. The van der Waals surface area contributed by atoms with E-state index in [-0.39, 0.29) is 16.4 Å². The average Bonchev–Trinajstić information content (AvgIpc) is 2.15. The molecule has 0 bridgehead atoms. The molecule has 1 atom stereocenters. The predicted molar refractivity (Wildman–Crippen MR) is 63.3 cm³/mol. The Hall–Kier alpha value is -0.130. The van der Waals surface area contributed by atoms with Crippen LogP contribution < -0.4 is 5.32 Å². The van der Waals surface area contributed by atoms with Gasteiger partial charge in [-0.05, 0) is 20.8 Å². The van der Waals surface area contributed by atoms with Crippen molar-refractivity contribution < 1.29 is 14.3 Å². The second-order valence-corrected chi connectivity index (χ2v) is 4.92. The SMILES string of the molecule is CCOC(C)(C)CNCC(Br)C(=O)OC. The number of alkyl halides is 1. The largest absolute Gasteiger partial charge is 0.468 e. The van der Waals surface area contributed by atoms with Gasteiger partial charge >= 0.3 is 5.97 Å². The molecule has 4 nitrogen and oxygen atoms in total. The van der Waals surface area contributed by atoms with Crippen LogP contribution in [-0.4, -0.2) is 43.2 Å². The van der Waals surface area contributed by atoms with Crippen LogP contribution in [0.1, 0.15) is 20.8 Å². The van der Waals surface area contributed by atoms with Gasteiger partial charge < -0.3 is 14.8 Å². The van der Waals surface area contributed by atoms with Crippen molar-refractivity contribution in [2.45, 2.75) is 31.2 Å². The molecule has 15 heavy (non-hydrogen) atoms. The Morgan fingerprint density at radius 3 is 2.60 bits per heavy atom. The van der Waals surface area contributed by atoms with Crippen molar-refractivity contribution in [3.8, 4) is 0 Å². The molecule has 0 radical (unpaired) electrons. The Balaban J connectivity index is 3.73. The molecule has 0 spiro atoms. The molecule has 0 aromatic rings. The molecular formula is C10H20BrNO3. The second-order valence-electron chi connectivity index (χ2n) is 3.81. The van der Waals surface area contributed by atoms with E-state index in [2.05, 4.69) is 26.0 Å². The quantitative estimate of drug-likeness (QED) is 0.565. The van der Waals surface area contributed by atoms with E-state index >= 15 is 0 Å². The Kier molecular flexibility index (Phi) is 7.13. The number of carbonyl (C=O) groups is 1. The summed E-state index contributed by atoms with van der Waals surface area (Å²) in [5.41, 5.74) is -0.211. The number of methoxy groups -OCH3 is 1. The van der Waals surface area contributed by atoms with E-state index in [0.717, 1.165) is 0 Å². The van der Waals surface area contributed by atoms with E-state index in [1.54, 1.807) is 0 Å². The number of hydrogen-bond donors (Lipinski definition) is 1. The highest BCUT2D eigenvalue weighted by Crippen LogP contribution is 2.07. The molecule has 0 aliphatic carbocycles.